The maximum absolute atomic E-state index is 14.8. The zero-order valence-corrected chi connectivity index (χ0v) is 24.2. The fraction of sp³-hybridized carbons (Fsp3) is 0.448. The van der Waals surface area contributed by atoms with Crippen LogP contribution in [0.3, 0.4) is 0 Å². The Morgan fingerprint density at radius 1 is 1.21 bits per heavy atom. The molecule has 2 aliphatic rings. The Labute approximate surface area is 242 Å². The molecule has 1 amide bonds. The van der Waals surface area contributed by atoms with Gasteiger partial charge in [-0.3, -0.25) is 4.79 Å². The molecule has 1 saturated carbocycles. The van der Waals surface area contributed by atoms with E-state index in [0.717, 1.165) is 11.9 Å². The summed E-state index contributed by atoms with van der Waals surface area (Å²) in [6, 6.07) is 11.4. The lowest BCUT2D eigenvalue weighted by Crippen LogP contribution is -2.43. The number of nitrogens with one attached hydrogen (secondary N) is 1. The maximum Gasteiger partial charge on any atom is 0.248 e. The van der Waals surface area contributed by atoms with E-state index in [1.165, 1.54) is 23.7 Å². The third kappa shape index (κ3) is 6.28. The number of nitrogens with zero attached hydrogens (tertiary/aromatic N) is 6. The fourth-order valence-electron chi connectivity index (χ4n) is 5.60. The highest BCUT2D eigenvalue weighted by Crippen LogP contribution is 2.47. The van der Waals surface area contributed by atoms with E-state index in [0.29, 0.717) is 47.2 Å². The van der Waals surface area contributed by atoms with Crippen LogP contribution < -0.4 is 10.2 Å². The van der Waals surface area contributed by atoms with Gasteiger partial charge < -0.3 is 10.2 Å². The highest BCUT2D eigenvalue weighted by Gasteiger charge is 2.46. The molecule has 1 saturated heterocycles. The van der Waals surface area contributed by atoms with Crippen molar-refractivity contribution in [1.29, 1.82) is 5.26 Å². The van der Waals surface area contributed by atoms with E-state index in [2.05, 4.69) is 24.7 Å². The number of pyridine rings is 1. The molecule has 0 bridgehead atoms. The van der Waals surface area contributed by atoms with Crippen molar-refractivity contribution in [3.05, 3.63) is 60.3 Å². The van der Waals surface area contributed by atoms with Crippen molar-refractivity contribution in [3.8, 4) is 23.0 Å². The summed E-state index contributed by atoms with van der Waals surface area (Å²) in [5.74, 6) is -4.51. The van der Waals surface area contributed by atoms with E-state index >= 15 is 0 Å². The maximum atomic E-state index is 14.8. The Morgan fingerprint density at radius 3 is 2.55 bits per heavy atom. The highest BCUT2D eigenvalue weighted by molar-refractivity contribution is 7.93. The normalized spacial score (nSPS) is 22.1. The van der Waals surface area contributed by atoms with Crippen LogP contribution in [-0.2, 0) is 14.5 Å². The summed E-state index contributed by atoms with van der Waals surface area (Å²) in [6.45, 7) is 2.73. The molecule has 2 aromatic heterocycles. The van der Waals surface area contributed by atoms with Crippen molar-refractivity contribution in [2.75, 3.05) is 36.5 Å². The number of alkyl halides is 2. The number of halogens is 3. The number of benzene rings is 1. The summed E-state index contributed by atoms with van der Waals surface area (Å²) in [4.78, 5) is 19.4. The molecule has 13 heteroatoms. The number of aromatic nitrogens is 3. The topological polar surface area (TPSA) is 116 Å². The number of carbonyl (C=O) groups excluding carboxylic acids is 1. The first kappa shape index (κ1) is 29.6. The summed E-state index contributed by atoms with van der Waals surface area (Å²) in [5.41, 5.74) is 2.48. The fourth-order valence-corrected chi connectivity index (χ4v) is 7.18. The average molecular weight is 600 g/mol. The summed E-state index contributed by atoms with van der Waals surface area (Å²) >= 11 is 0. The van der Waals surface area contributed by atoms with E-state index in [4.69, 9.17) is 0 Å². The summed E-state index contributed by atoms with van der Waals surface area (Å²) in [7, 11) is -0.575. The molecule has 1 unspecified atom stereocenters. The minimum absolute atomic E-state index is 0.0656. The molecule has 5 rings (SSSR count). The molecular formula is C29H32F3N7O2S. The van der Waals surface area contributed by atoms with E-state index in [1.807, 2.05) is 30.3 Å². The molecular weight excluding hydrogens is 567 g/mol. The van der Waals surface area contributed by atoms with Gasteiger partial charge in [0.15, 0.2) is 5.82 Å². The van der Waals surface area contributed by atoms with Crippen molar-refractivity contribution in [2.24, 2.45) is 10.3 Å². The lowest BCUT2D eigenvalue weighted by Gasteiger charge is -2.35. The minimum atomic E-state index is -3.00. The number of anilines is 1. The zero-order valence-electron chi connectivity index (χ0n) is 23.3. The first-order valence-electron chi connectivity index (χ1n) is 13.8. The van der Waals surface area contributed by atoms with Crippen LogP contribution in [0.2, 0.25) is 0 Å². The molecule has 3 aromatic rings. The second-order valence-electron chi connectivity index (χ2n) is 10.8. The quantitative estimate of drug-likeness (QED) is 0.445. The van der Waals surface area contributed by atoms with Gasteiger partial charge >= 0.3 is 0 Å². The second kappa shape index (κ2) is 11.8. The number of amides is 1. The third-order valence-corrected chi connectivity index (χ3v) is 10.3. The summed E-state index contributed by atoms with van der Waals surface area (Å²) < 4.78 is 61.3. The second-order valence-corrected chi connectivity index (χ2v) is 13.5. The van der Waals surface area contributed by atoms with Gasteiger partial charge in [-0.15, -0.1) is 0 Å². The van der Waals surface area contributed by atoms with Gasteiger partial charge in [-0.1, -0.05) is 12.1 Å². The van der Waals surface area contributed by atoms with Crippen LogP contribution in [0.25, 0.3) is 16.9 Å². The van der Waals surface area contributed by atoms with Crippen LogP contribution in [0, 0.1) is 23.1 Å². The molecule has 3 atom stereocenters. The number of carbonyl (C=O) groups is 1. The average Bonchev–Trinajstić information content (AvgIpc) is 3.43. The van der Waals surface area contributed by atoms with Gasteiger partial charge in [0.25, 0.3) is 0 Å². The van der Waals surface area contributed by atoms with Gasteiger partial charge in [0, 0.05) is 83.5 Å². The van der Waals surface area contributed by atoms with Gasteiger partial charge in [0.1, 0.15) is 11.9 Å². The number of nitriles is 1. The minimum Gasteiger partial charge on any atom is -0.370 e. The largest absolute Gasteiger partial charge is 0.370 e. The van der Waals surface area contributed by atoms with Gasteiger partial charge in [0.2, 0.25) is 11.8 Å². The lowest BCUT2D eigenvalue weighted by molar-refractivity contribution is -0.131. The van der Waals surface area contributed by atoms with Crippen LogP contribution >= 0.6 is 0 Å². The Hall–Kier alpha value is -3.92. The van der Waals surface area contributed by atoms with Gasteiger partial charge in [-0.2, -0.15) is 10.4 Å². The molecule has 0 spiro atoms. The SMILES string of the molecule is CN=S1(=O)CCN(c2ccc(-c3cn(-c4ccc(F)cn4)nc3[C@@H]3CC(F)(F)CC[C@H]3C(=O)NC(C)C#N)cc2)CC1. The zero-order chi connectivity index (χ0) is 30.1. The van der Waals surface area contributed by atoms with Crippen LogP contribution in [-0.4, -0.2) is 68.5 Å². The van der Waals surface area contributed by atoms with Crippen molar-refractivity contribution >= 4 is 21.3 Å². The Morgan fingerprint density at radius 2 is 1.93 bits per heavy atom. The Bertz CT molecular complexity index is 1600. The van der Waals surface area contributed by atoms with Crippen molar-refractivity contribution in [1.82, 2.24) is 20.1 Å². The molecule has 1 aromatic carbocycles. The smallest absolute Gasteiger partial charge is 0.248 e. The van der Waals surface area contributed by atoms with Crippen LogP contribution in [0.15, 0.2) is 53.2 Å². The van der Waals surface area contributed by atoms with E-state index in [9.17, 15) is 27.4 Å². The lowest BCUT2D eigenvalue weighted by atomic mass is 9.74. The standard InChI is InChI=1S/C29H32F3N7O2S/c1-19(16-33)36-28(40)23-9-10-29(31,32)15-24(23)27-25(18-39(37-27)26-8-5-21(30)17-35-26)20-3-6-22(7-4-20)38-11-13-42(41,34-2)14-12-38/h3-8,17-19,23-24H,9-15H2,1-2H3,(H,36,40)/t19?,23-,24-/m1/s1. The number of hydrogen-bond acceptors (Lipinski definition) is 7. The Balaban J connectivity index is 1.53. The molecule has 42 heavy (non-hydrogen) atoms. The van der Waals surface area contributed by atoms with Crippen molar-refractivity contribution < 1.29 is 22.2 Å². The van der Waals surface area contributed by atoms with Crippen molar-refractivity contribution in [2.45, 2.75) is 44.1 Å². The van der Waals surface area contributed by atoms with E-state index < -0.39 is 58.1 Å². The molecule has 1 aliphatic heterocycles. The molecule has 0 radical (unpaired) electrons. The number of hydrogen-bond donors (Lipinski definition) is 1. The molecule has 9 nitrogen and oxygen atoms in total. The van der Waals surface area contributed by atoms with Gasteiger partial charge in [-0.05, 0) is 43.2 Å². The van der Waals surface area contributed by atoms with Crippen LogP contribution in [0.5, 0.6) is 0 Å². The summed E-state index contributed by atoms with van der Waals surface area (Å²) in [6.07, 6.45) is 1.61. The van der Waals surface area contributed by atoms with Gasteiger partial charge in [0.05, 0.1) is 18.0 Å². The molecule has 222 valence electrons. The summed E-state index contributed by atoms with van der Waals surface area (Å²) in [5, 5.41) is 16.5. The molecule has 1 aliphatic carbocycles. The van der Waals surface area contributed by atoms with Crippen molar-refractivity contribution in [3.63, 3.8) is 0 Å². The highest BCUT2D eigenvalue weighted by atomic mass is 32.2. The predicted molar refractivity (Wildman–Crippen MR) is 153 cm³/mol. The predicted octanol–water partition coefficient (Wildman–Crippen LogP) is 4.54. The Kier molecular flexibility index (Phi) is 8.28. The van der Waals surface area contributed by atoms with Crippen LogP contribution in [0.1, 0.15) is 37.8 Å². The van der Waals surface area contributed by atoms with Crippen LogP contribution in [0.4, 0.5) is 18.9 Å². The molecule has 3 heterocycles. The van der Waals surface area contributed by atoms with Gasteiger partial charge in [-0.25, -0.2) is 31.4 Å². The third-order valence-electron chi connectivity index (χ3n) is 7.99. The van der Waals surface area contributed by atoms with E-state index in [-0.39, 0.29) is 6.42 Å². The first-order valence-corrected chi connectivity index (χ1v) is 15.6. The first-order chi connectivity index (χ1) is 20.0. The molecule has 1 N–H and O–H groups in total. The monoisotopic (exact) mass is 599 g/mol. The molecule has 2 fully saturated rings. The number of rotatable bonds is 6. The van der Waals surface area contributed by atoms with E-state index in [1.54, 1.807) is 13.2 Å².